The molecule has 0 amide bonds. The fraction of sp³-hybridized carbons (Fsp3) is 0.667. The summed E-state index contributed by atoms with van der Waals surface area (Å²) in [5, 5.41) is 3.30. The molecule has 1 aliphatic rings. The lowest BCUT2D eigenvalue weighted by Crippen LogP contribution is -2.47. The third kappa shape index (κ3) is 5.33. The first kappa shape index (κ1) is 21.0. The molecule has 0 aliphatic carbocycles. The predicted molar refractivity (Wildman–Crippen MR) is 100 cm³/mol. The third-order valence-electron chi connectivity index (χ3n) is 4.58. The normalized spacial score (nSPS) is 17.0. The van der Waals surface area contributed by atoms with Gasteiger partial charge in [-0.3, -0.25) is 0 Å². The zero-order valence-corrected chi connectivity index (χ0v) is 16.7. The van der Waals surface area contributed by atoms with E-state index in [0.29, 0.717) is 37.9 Å². The van der Waals surface area contributed by atoms with Crippen LogP contribution in [0.25, 0.3) is 0 Å². The summed E-state index contributed by atoms with van der Waals surface area (Å²) in [7, 11) is -2.00. The van der Waals surface area contributed by atoms with E-state index in [1.165, 1.54) is 6.07 Å². The van der Waals surface area contributed by atoms with Gasteiger partial charge >= 0.3 is 0 Å². The van der Waals surface area contributed by atoms with Gasteiger partial charge in [-0.25, -0.2) is 13.1 Å². The molecule has 0 atom stereocenters. The second-order valence-corrected chi connectivity index (χ2v) is 8.25. The predicted octanol–water partition coefficient (Wildman–Crippen LogP) is 1.78. The molecule has 0 saturated carbocycles. The zero-order valence-electron chi connectivity index (χ0n) is 15.8. The number of methoxy groups -OCH3 is 1. The first-order chi connectivity index (χ1) is 12.5. The molecule has 26 heavy (non-hydrogen) atoms. The van der Waals surface area contributed by atoms with Crippen molar-refractivity contribution in [3.63, 3.8) is 0 Å². The van der Waals surface area contributed by atoms with Crippen molar-refractivity contribution < 1.29 is 22.6 Å². The highest BCUT2D eigenvalue weighted by atomic mass is 32.2. The van der Waals surface area contributed by atoms with Crippen molar-refractivity contribution in [2.75, 3.05) is 46.6 Å². The number of sulfonamides is 1. The van der Waals surface area contributed by atoms with E-state index in [9.17, 15) is 8.42 Å². The Hall–Kier alpha value is -1.35. The van der Waals surface area contributed by atoms with Crippen LogP contribution in [0.15, 0.2) is 23.1 Å². The van der Waals surface area contributed by atoms with Crippen LogP contribution >= 0.6 is 0 Å². The second kappa shape index (κ2) is 9.55. The topological polar surface area (TPSA) is 85.9 Å². The van der Waals surface area contributed by atoms with E-state index in [1.54, 1.807) is 19.2 Å². The Morgan fingerprint density at radius 1 is 1.12 bits per heavy atom. The molecule has 1 aromatic carbocycles. The molecule has 8 heteroatoms. The maximum Gasteiger partial charge on any atom is 0.240 e. The van der Waals surface area contributed by atoms with Gasteiger partial charge in [0.05, 0.1) is 24.7 Å². The van der Waals surface area contributed by atoms with Gasteiger partial charge in [0, 0.05) is 25.1 Å². The fourth-order valence-corrected chi connectivity index (χ4v) is 4.34. The number of piperidine rings is 1. The van der Waals surface area contributed by atoms with Crippen molar-refractivity contribution in [2.24, 2.45) is 5.41 Å². The van der Waals surface area contributed by atoms with Crippen molar-refractivity contribution in [1.82, 2.24) is 10.0 Å². The molecule has 1 aliphatic heterocycles. The minimum absolute atomic E-state index is 0.172. The minimum atomic E-state index is -3.65. The van der Waals surface area contributed by atoms with Gasteiger partial charge in [-0.1, -0.05) is 0 Å². The van der Waals surface area contributed by atoms with Crippen molar-refractivity contribution in [2.45, 2.75) is 31.6 Å². The number of benzene rings is 1. The number of ether oxygens (including phenoxy) is 3. The lowest BCUT2D eigenvalue weighted by molar-refractivity contribution is 0.0577. The zero-order chi connectivity index (χ0) is 19.0. The molecule has 2 N–H and O–H groups in total. The molecule has 1 fully saturated rings. The molecule has 0 radical (unpaired) electrons. The van der Waals surface area contributed by atoms with Gasteiger partial charge in [-0.15, -0.1) is 0 Å². The Kier molecular flexibility index (Phi) is 7.69. The van der Waals surface area contributed by atoms with E-state index >= 15 is 0 Å². The van der Waals surface area contributed by atoms with E-state index in [-0.39, 0.29) is 10.3 Å². The number of rotatable bonds is 10. The molecule has 0 unspecified atom stereocenters. The maximum absolute atomic E-state index is 12.8. The molecule has 2 rings (SSSR count). The van der Waals surface area contributed by atoms with Crippen LogP contribution in [-0.4, -0.2) is 55.0 Å². The smallest absolute Gasteiger partial charge is 0.240 e. The van der Waals surface area contributed by atoms with E-state index in [0.717, 1.165) is 25.9 Å². The lowest BCUT2D eigenvalue weighted by Gasteiger charge is -2.37. The van der Waals surface area contributed by atoms with E-state index in [4.69, 9.17) is 14.2 Å². The third-order valence-corrected chi connectivity index (χ3v) is 5.98. The van der Waals surface area contributed by atoms with Crippen LogP contribution in [-0.2, 0) is 14.8 Å². The van der Waals surface area contributed by atoms with Gasteiger partial charge < -0.3 is 19.5 Å². The van der Waals surface area contributed by atoms with Crippen LogP contribution in [0, 0.1) is 5.41 Å². The average molecular weight is 387 g/mol. The van der Waals surface area contributed by atoms with Crippen LogP contribution < -0.4 is 19.5 Å². The van der Waals surface area contributed by atoms with Gasteiger partial charge in [-0.2, -0.15) is 0 Å². The monoisotopic (exact) mass is 386 g/mol. The Morgan fingerprint density at radius 2 is 1.77 bits per heavy atom. The Morgan fingerprint density at radius 3 is 2.38 bits per heavy atom. The molecule has 1 saturated heterocycles. The van der Waals surface area contributed by atoms with Crippen molar-refractivity contribution in [3.8, 4) is 11.5 Å². The van der Waals surface area contributed by atoms with Crippen LogP contribution in [0.4, 0.5) is 0 Å². The summed E-state index contributed by atoms with van der Waals surface area (Å²) in [6.07, 6.45) is 1.74. The highest BCUT2D eigenvalue weighted by molar-refractivity contribution is 7.89. The number of nitrogens with one attached hydrogen (secondary N) is 2. The summed E-state index contributed by atoms with van der Waals surface area (Å²) in [6, 6.07) is 4.70. The average Bonchev–Trinajstić information content (AvgIpc) is 2.63. The minimum Gasteiger partial charge on any atom is -0.490 e. The molecule has 148 valence electrons. The van der Waals surface area contributed by atoms with Gasteiger partial charge in [0.1, 0.15) is 0 Å². The summed E-state index contributed by atoms with van der Waals surface area (Å²) in [5.74, 6) is 0.980. The molecule has 0 spiro atoms. The van der Waals surface area contributed by atoms with Gasteiger partial charge in [0.15, 0.2) is 11.5 Å². The van der Waals surface area contributed by atoms with E-state index < -0.39 is 10.0 Å². The van der Waals surface area contributed by atoms with E-state index in [2.05, 4.69) is 10.0 Å². The van der Waals surface area contributed by atoms with Gasteiger partial charge in [0.2, 0.25) is 10.0 Å². The summed E-state index contributed by atoms with van der Waals surface area (Å²) in [6.45, 7) is 7.24. The Bertz CT molecular complexity index is 667. The fourth-order valence-electron chi connectivity index (χ4n) is 3.17. The summed E-state index contributed by atoms with van der Waals surface area (Å²) >= 11 is 0. The van der Waals surface area contributed by atoms with Crippen LogP contribution in [0.3, 0.4) is 0 Å². The molecule has 0 bridgehead atoms. The van der Waals surface area contributed by atoms with Gasteiger partial charge in [-0.05, 0) is 51.9 Å². The summed E-state index contributed by atoms with van der Waals surface area (Å²) in [4.78, 5) is 0.172. The van der Waals surface area contributed by atoms with E-state index in [1.807, 2.05) is 13.8 Å². The first-order valence-electron chi connectivity index (χ1n) is 9.05. The Balaban J connectivity index is 2.16. The molecule has 1 heterocycles. The summed E-state index contributed by atoms with van der Waals surface area (Å²) in [5.41, 5.74) is -0.179. The van der Waals surface area contributed by atoms with Crippen LogP contribution in [0.2, 0.25) is 0 Å². The summed E-state index contributed by atoms with van der Waals surface area (Å²) < 4.78 is 44.7. The largest absolute Gasteiger partial charge is 0.490 e. The first-order valence-corrected chi connectivity index (χ1v) is 10.5. The maximum atomic E-state index is 12.8. The SMILES string of the molecule is CCOc1ccc(S(=O)(=O)NCC2(COC)CCNCC2)cc1OCC. The van der Waals surface area contributed by atoms with Crippen LogP contribution in [0.1, 0.15) is 26.7 Å². The second-order valence-electron chi connectivity index (χ2n) is 6.48. The highest BCUT2D eigenvalue weighted by Crippen LogP contribution is 2.32. The van der Waals surface area contributed by atoms with Crippen LogP contribution in [0.5, 0.6) is 11.5 Å². The van der Waals surface area contributed by atoms with Crippen molar-refractivity contribution in [1.29, 1.82) is 0 Å². The van der Waals surface area contributed by atoms with Gasteiger partial charge in [0.25, 0.3) is 0 Å². The van der Waals surface area contributed by atoms with Crippen molar-refractivity contribution >= 4 is 10.0 Å². The molecular weight excluding hydrogens is 356 g/mol. The molecule has 0 aromatic heterocycles. The highest BCUT2D eigenvalue weighted by Gasteiger charge is 2.33. The lowest BCUT2D eigenvalue weighted by atomic mass is 9.80. The van der Waals surface area contributed by atoms with Crippen molar-refractivity contribution in [3.05, 3.63) is 18.2 Å². The standard InChI is InChI=1S/C18H30N2O5S/c1-4-24-16-7-6-15(12-17(16)25-5-2)26(21,22)20-13-18(14-23-3)8-10-19-11-9-18/h6-7,12,19-20H,4-5,8-11,13-14H2,1-3H3. The molecule has 7 nitrogen and oxygen atoms in total. The number of hydrogen-bond donors (Lipinski definition) is 2. The molecular formula is C18H30N2O5S. The Labute approximate surface area is 156 Å². The molecule has 1 aromatic rings. The number of hydrogen-bond acceptors (Lipinski definition) is 6. The quantitative estimate of drug-likeness (QED) is 0.638.